The highest BCUT2D eigenvalue weighted by atomic mass is 35.5. The van der Waals surface area contributed by atoms with E-state index in [-0.39, 0.29) is 0 Å². The molecule has 3 heteroatoms. The maximum atomic E-state index is 5.78. The lowest BCUT2D eigenvalue weighted by molar-refractivity contribution is 0.825. The first kappa shape index (κ1) is 9.26. The van der Waals surface area contributed by atoms with E-state index in [1.165, 1.54) is 0 Å². The van der Waals surface area contributed by atoms with Crippen molar-refractivity contribution in [1.29, 1.82) is 0 Å². The average Bonchev–Trinajstić information content (AvgIpc) is 2.05. The normalized spacial score (nSPS) is 10.8. The van der Waals surface area contributed by atoms with Crippen LogP contribution in [0.4, 0.5) is 0 Å². The van der Waals surface area contributed by atoms with Gasteiger partial charge >= 0.3 is 0 Å². The van der Waals surface area contributed by atoms with E-state index >= 15 is 0 Å². The van der Waals surface area contributed by atoms with Crippen LogP contribution in [0.1, 0.15) is 5.56 Å². The summed E-state index contributed by atoms with van der Waals surface area (Å²) in [5.41, 5.74) is 3.61. The van der Waals surface area contributed by atoms with Gasteiger partial charge in [-0.15, -0.1) is 0 Å². The monoisotopic (exact) mass is 182 g/mol. The zero-order valence-corrected chi connectivity index (χ0v) is 7.38. The molecule has 64 valence electrons. The number of hydrazine groups is 1. The summed E-state index contributed by atoms with van der Waals surface area (Å²) in [6.07, 6.45) is 3.90. The third-order valence-corrected chi connectivity index (χ3v) is 1.63. The van der Waals surface area contributed by atoms with Crippen LogP contribution in [-0.2, 0) is 0 Å². The van der Waals surface area contributed by atoms with Gasteiger partial charge in [0.25, 0.3) is 0 Å². The lowest BCUT2D eigenvalue weighted by Gasteiger charge is -1.93. The molecule has 2 nitrogen and oxygen atoms in total. The van der Waals surface area contributed by atoms with Gasteiger partial charge in [0.1, 0.15) is 0 Å². The van der Waals surface area contributed by atoms with Crippen LogP contribution < -0.4 is 11.3 Å². The highest BCUT2D eigenvalue weighted by Gasteiger charge is 1.87. The number of benzene rings is 1. The summed E-state index contributed by atoms with van der Waals surface area (Å²) in [4.78, 5) is 0. The molecule has 0 radical (unpaired) electrons. The summed E-state index contributed by atoms with van der Waals surface area (Å²) in [5.74, 6) is 5.10. The van der Waals surface area contributed by atoms with Gasteiger partial charge in [-0.25, -0.2) is 0 Å². The molecule has 0 saturated carbocycles. The predicted octanol–water partition coefficient (Wildman–Crippen LogP) is 1.82. The molecular formula is C9H11ClN2. The van der Waals surface area contributed by atoms with E-state index in [1.807, 2.05) is 36.4 Å². The first-order valence-corrected chi connectivity index (χ1v) is 4.06. The van der Waals surface area contributed by atoms with Crippen LogP contribution in [0.25, 0.3) is 6.08 Å². The van der Waals surface area contributed by atoms with Crippen molar-refractivity contribution in [3.63, 3.8) is 0 Å². The maximum absolute atomic E-state index is 5.78. The molecule has 0 heterocycles. The first-order valence-electron chi connectivity index (χ1n) is 3.68. The van der Waals surface area contributed by atoms with Gasteiger partial charge in [-0.05, 0) is 17.7 Å². The fraction of sp³-hybridized carbons (Fsp3) is 0.111. The molecule has 0 fully saturated rings. The van der Waals surface area contributed by atoms with Crippen molar-refractivity contribution in [3.05, 3.63) is 40.9 Å². The molecule has 0 atom stereocenters. The molecule has 0 aliphatic rings. The third kappa shape index (κ3) is 3.05. The lowest BCUT2D eigenvalue weighted by Crippen LogP contribution is -2.21. The minimum atomic E-state index is 0.659. The van der Waals surface area contributed by atoms with E-state index in [9.17, 15) is 0 Å². The number of nitrogens with two attached hydrogens (primary N) is 1. The van der Waals surface area contributed by atoms with Crippen LogP contribution in [0.5, 0.6) is 0 Å². The number of hydrogen-bond acceptors (Lipinski definition) is 2. The Kier molecular flexibility index (Phi) is 3.80. The van der Waals surface area contributed by atoms with E-state index in [2.05, 4.69) is 5.43 Å². The van der Waals surface area contributed by atoms with Crippen molar-refractivity contribution in [2.45, 2.75) is 0 Å². The zero-order valence-electron chi connectivity index (χ0n) is 6.63. The van der Waals surface area contributed by atoms with Crippen molar-refractivity contribution < 1.29 is 0 Å². The molecule has 3 N–H and O–H groups in total. The van der Waals surface area contributed by atoms with Gasteiger partial charge in [-0.2, -0.15) is 0 Å². The maximum Gasteiger partial charge on any atom is 0.0411 e. The number of rotatable bonds is 3. The zero-order chi connectivity index (χ0) is 8.81. The molecule has 0 aliphatic heterocycles. The predicted molar refractivity (Wildman–Crippen MR) is 52.7 cm³/mol. The molecule has 1 rings (SSSR count). The van der Waals surface area contributed by atoms with Crippen molar-refractivity contribution in [2.75, 3.05) is 6.54 Å². The van der Waals surface area contributed by atoms with Crippen molar-refractivity contribution in [1.82, 2.24) is 5.43 Å². The quantitative estimate of drug-likeness (QED) is 0.553. The van der Waals surface area contributed by atoms with E-state index in [1.54, 1.807) is 0 Å². The Hall–Kier alpha value is -0.830. The third-order valence-electron chi connectivity index (χ3n) is 1.39. The SMILES string of the molecule is NNC/C=C/c1cccc(Cl)c1. The van der Waals surface area contributed by atoms with E-state index in [0.717, 1.165) is 10.6 Å². The summed E-state index contributed by atoms with van der Waals surface area (Å²) < 4.78 is 0. The van der Waals surface area contributed by atoms with Crippen LogP contribution in [0, 0.1) is 0 Å². The Morgan fingerprint density at radius 1 is 1.50 bits per heavy atom. The summed E-state index contributed by atoms with van der Waals surface area (Å²) in [5, 5.41) is 0.748. The fourth-order valence-electron chi connectivity index (χ4n) is 0.873. The Morgan fingerprint density at radius 3 is 3.00 bits per heavy atom. The summed E-state index contributed by atoms with van der Waals surface area (Å²) in [7, 11) is 0. The van der Waals surface area contributed by atoms with Crippen molar-refractivity contribution in [3.8, 4) is 0 Å². The van der Waals surface area contributed by atoms with Gasteiger partial charge in [0.05, 0.1) is 0 Å². The molecule has 1 aromatic carbocycles. The minimum Gasteiger partial charge on any atom is -0.271 e. The van der Waals surface area contributed by atoms with Crippen molar-refractivity contribution >= 4 is 17.7 Å². The molecule has 0 spiro atoms. The smallest absolute Gasteiger partial charge is 0.0411 e. The Morgan fingerprint density at radius 2 is 2.33 bits per heavy atom. The van der Waals surface area contributed by atoms with Gasteiger partial charge in [0, 0.05) is 11.6 Å². The van der Waals surface area contributed by atoms with Gasteiger partial charge in [-0.3, -0.25) is 11.3 Å². The highest BCUT2D eigenvalue weighted by Crippen LogP contribution is 2.11. The van der Waals surface area contributed by atoms with Gasteiger partial charge in [0.2, 0.25) is 0 Å². The Labute approximate surface area is 77.0 Å². The second-order valence-electron chi connectivity index (χ2n) is 2.37. The van der Waals surface area contributed by atoms with Crippen LogP contribution >= 0.6 is 11.6 Å². The molecule has 0 aromatic heterocycles. The number of nitrogens with one attached hydrogen (secondary N) is 1. The standard InChI is InChI=1S/C9H11ClN2/c10-9-5-1-3-8(7-9)4-2-6-12-11/h1-5,7,12H,6,11H2/b4-2+. The number of halogens is 1. The first-order chi connectivity index (χ1) is 5.83. The second-order valence-corrected chi connectivity index (χ2v) is 2.80. The summed E-state index contributed by atoms with van der Waals surface area (Å²) in [6, 6.07) is 7.64. The topological polar surface area (TPSA) is 38.0 Å². The summed E-state index contributed by atoms with van der Waals surface area (Å²) >= 11 is 5.78. The van der Waals surface area contributed by atoms with Gasteiger partial charge in [-0.1, -0.05) is 35.9 Å². The molecule has 0 bridgehead atoms. The number of hydrogen-bond donors (Lipinski definition) is 2. The fourth-order valence-corrected chi connectivity index (χ4v) is 1.07. The van der Waals surface area contributed by atoms with E-state index in [4.69, 9.17) is 17.4 Å². The van der Waals surface area contributed by atoms with Crippen LogP contribution in [0.15, 0.2) is 30.3 Å². The highest BCUT2D eigenvalue weighted by molar-refractivity contribution is 6.30. The molecular weight excluding hydrogens is 172 g/mol. The van der Waals surface area contributed by atoms with Crippen LogP contribution in [0.2, 0.25) is 5.02 Å². The van der Waals surface area contributed by atoms with Gasteiger partial charge < -0.3 is 0 Å². The Bertz CT molecular complexity index is 271. The van der Waals surface area contributed by atoms with E-state index < -0.39 is 0 Å². The van der Waals surface area contributed by atoms with Crippen LogP contribution in [0.3, 0.4) is 0 Å². The molecule has 0 saturated heterocycles. The molecule has 0 unspecified atom stereocenters. The molecule has 0 aliphatic carbocycles. The lowest BCUT2D eigenvalue weighted by atomic mass is 10.2. The minimum absolute atomic E-state index is 0.659. The van der Waals surface area contributed by atoms with Crippen LogP contribution in [-0.4, -0.2) is 6.54 Å². The molecule has 1 aromatic rings. The van der Waals surface area contributed by atoms with Crippen molar-refractivity contribution in [2.24, 2.45) is 5.84 Å². The average molecular weight is 183 g/mol. The van der Waals surface area contributed by atoms with Gasteiger partial charge in [0.15, 0.2) is 0 Å². The summed E-state index contributed by atoms with van der Waals surface area (Å²) in [6.45, 7) is 0.659. The molecule has 12 heavy (non-hydrogen) atoms. The van der Waals surface area contributed by atoms with E-state index in [0.29, 0.717) is 6.54 Å². The largest absolute Gasteiger partial charge is 0.271 e. The second kappa shape index (κ2) is 4.93. The molecule has 0 amide bonds. The Balaban J connectivity index is 2.63.